The van der Waals surface area contributed by atoms with Crippen LogP contribution in [0.3, 0.4) is 0 Å². The highest BCUT2D eigenvalue weighted by Gasteiger charge is 2.21. The largest absolute Gasteiger partial charge is 0.387 e. The van der Waals surface area contributed by atoms with E-state index in [0.717, 1.165) is 23.0 Å². The molecule has 0 aromatic heterocycles. The molecule has 1 aliphatic heterocycles. The molecule has 0 spiro atoms. The van der Waals surface area contributed by atoms with Gasteiger partial charge in [-0.15, -0.1) is 11.6 Å². The zero-order valence-corrected chi connectivity index (χ0v) is 12.1. The van der Waals surface area contributed by atoms with Crippen LogP contribution in [0.25, 0.3) is 0 Å². The number of likely N-dealkylation sites (N-methyl/N-ethyl adjacent to an activating group) is 1. The minimum absolute atomic E-state index is 0.259. The fourth-order valence-electron chi connectivity index (χ4n) is 2.25. The summed E-state index contributed by atoms with van der Waals surface area (Å²) < 4.78 is 0.966. The van der Waals surface area contributed by atoms with Crippen molar-refractivity contribution in [1.82, 2.24) is 0 Å². The van der Waals surface area contributed by atoms with Crippen molar-refractivity contribution in [2.45, 2.75) is 17.0 Å². The second-order valence-electron chi connectivity index (χ2n) is 4.16. The zero-order valence-electron chi connectivity index (χ0n) is 9.21. The van der Waals surface area contributed by atoms with Gasteiger partial charge in [-0.2, -0.15) is 0 Å². The molecule has 0 saturated heterocycles. The first-order chi connectivity index (χ1) is 7.67. The first kappa shape index (κ1) is 12.5. The normalized spacial score (nSPS) is 16.4. The molecule has 1 N–H and O–H groups in total. The molecule has 4 heteroatoms. The summed E-state index contributed by atoms with van der Waals surface area (Å²) in [7, 11) is 2.12. The van der Waals surface area contributed by atoms with E-state index in [2.05, 4.69) is 46.7 Å². The van der Waals surface area contributed by atoms with Crippen LogP contribution in [0, 0.1) is 0 Å². The van der Waals surface area contributed by atoms with Gasteiger partial charge in [-0.3, -0.25) is 0 Å². The van der Waals surface area contributed by atoms with Crippen molar-refractivity contribution in [3.05, 3.63) is 28.8 Å². The maximum absolute atomic E-state index is 9.80. The molecule has 1 aromatic carbocycles. The first-order valence-corrected chi connectivity index (χ1v) is 7.40. The average molecular weight is 352 g/mol. The van der Waals surface area contributed by atoms with Gasteiger partial charge in [0.15, 0.2) is 0 Å². The maximum atomic E-state index is 9.80. The minimum atomic E-state index is -0.542. The third-order valence-electron chi connectivity index (χ3n) is 3.06. The lowest BCUT2D eigenvalue weighted by molar-refractivity contribution is 0.202. The van der Waals surface area contributed by atoms with E-state index in [9.17, 15) is 5.11 Å². The van der Waals surface area contributed by atoms with Crippen molar-refractivity contribution in [1.29, 1.82) is 0 Å². The maximum Gasteiger partial charge on any atom is 0.0925 e. The van der Waals surface area contributed by atoms with E-state index in [1.165, 1.54) is 16.8 Å². The SMILES string of the molecule is CN1CCc2cc([C@H](O)CCl)cc(CI)c21. The molecular formula is C12H15ClINO. The van der Waals surface area contributed by atoms with Gasteiger partial charge in [0.05, 0.1) is 12.0 Å². The number of benzene rings is 1. The average Bonchev–Trinajstić information content (AvgIpc) is 2.69. The third kappa shape index (κ3) is 2.17. The molecule has 2 rings (SSSR count). The number of aliphatic hydroxyl groups excluding tert-OH is 1. The standard InChI is InChI=1S/C12H15ClINO/c1-15-3-2-8-4-9(11(16)6-13)5-10(7-14)12(8)15/h4-5,11,16H,2-3,6-7H2,1H3/t11-/m1/s1. The van der Waals surface area contributed by atoms with Crippen LogP contribution in [0.5, 0.6) is 0 Å². The van der Waals surface area contributed by atoms with Crippen molar-refractivity contribution in [2.75, 3.05) is 24.4 Å². The number of anilines is 1. The van der Waals surface area contributed by atoms with Crippen LogP contribution in [0.4, 0.5) is 5.69 Å². The predicted octanol–water partition coefficient (Wildman–Crippen LogP) is 2.89. The molecule has 1 aliphatic rings. The van der Waals surface area contributed by atoms with Crippen molar-refractivity contribution >= 4 is 39.9 Å². The fraction of sp³-hybridized carbons (Fsp3) is 0.500. The smallest absolute Gasteiger partial charge is 0.0925 e. The number of nitrogens with zero attached hydrogens (tertiary/aromatic N) is 1. The number of fused-ring (bicyclic) bond motifs is 1. The summed E-state index contributed by atoms with van der Waals surface area (Å²) in [5.74, 6) is 0.259. The second-order valence-corrected chi connectivity index (χ2v) is 5.23. The molecule has 0 unspecified atom stereocenters. The van der Waals surface area contributed by atoms with E-state index in [-0.39, 0.29) is 5.88 Å². The molecule has 0 amide bonds. The highest BCUT2D eigenvalue weighted by atomic mass is 127. The summed E-state index contributed by atoms with van der Waals surface area (Å²) in [6.07, 6.45) is 0.526. The van der Waals surface area contributed by atoms with Gasteiger partial charge in [0.1, 0.15) is 0 Å². The lowest BCUT2D eigenvalue weighted by atomic mass is 10.0. The van der Waals surface area contributed by atoms with Gasteiger partial charge in [0, 0.05) is 23.7 Å². The quantitative estimate of drug-likeness (QED) is 0.669. The van der Waals surface area contributed by atoms with E-state index in [0.29, 0.717) is 0 Å². The topological polar surface area (TPSA) is 23.5 Å². The van der Waals surface area contributed by atoms with Crippen LogP contribution < -0.4 is 4.90 Å². The molecule has 0 aliphatic carbocycles. The van der Waals surface area contributed by atoms with Crippen LogP contribution >= 0.6 is 34.2 Å². The number of halogens is 2. The molecule has 1 heterocycles. The van der Waals surface area contributed by atoms with Crippen molar-refractivity contribution in [2.24, 2.45) is 0 Å². The number of hydrogen-bond acceptors (Lipinski definition) is 2. The Morgan fingerprint density at radius 2 is 2.31 bits per heavy atom. The van der Waals surface area contributed by atoms with Gasteiger partial charge < -0.3 is 10.0 Å². The molecule has 1 atom stereocenters. The Labute approximate surface area is 115 Å². The monoisotopic (exact) mass is 351 g/mol. The number of hydrogen-bond donors (Lipinski definition) is 1. The van der Waals surface area contributed by atoms with Gasteiger partial charge in [0.25, 0.3) is 0 Å². The minimum Gasteiger partial charge on any atom is -0.387 e. The molecule has 2 nitrogen and oxygen atoms in total. The fourth-order valence-corrected chi connectivity index (χ4v) is 3.01. The van der Waals surface area contributed by atoms with Gasteiger partial charge in [-0.05, 0) is 23.1 Å². The Kier molecular flexibility index (Phi) is 3.97. The van der Waals surface area contributed by atoms with Crippen molar-refractivity contribution in [3.8, 4) is 0 Å². The lowest BCUT2D eigenvalue weighted by Gasteiger charge is -2.18. The molecular weight excluding hydrogens is 336 g/mol. The number of alkyl halides is 2. The van der Waals surface area contributed by atoms with Gasteiger partial charge in [0.2, 0.25) is 0 Å². The van der Waals surface area contributed by atoms with E-state index in [1.54, 1.807) is 0 Å². The summed E-state index contributed by atoms with van der Waals surface area (Å²) in [6.45, 7) is 1.07. The molecule has 1 aromatic rings. The Hall–Kier alpha value is -0.000000000000000111. The first-order valence-electron chi connectivity index (χ1n) is 5.34. The van der Waals surface area contributed by atoms with E-state index < -0.39 is 6.10 Å². The zero-order chi connectivity index (χ0) is 11.7. The van der Waals surface area contributed by atoms with Gasteiger partial charge in [-0.25, -0.2) is 0 Å². The van der Waals surface area contributed by atoms with Gasteiger partial charge in [-0.1, -0.05) is 34.7 Å². The Morgan fingerprint density at radius 1 is 1.56 bits per heavy atom. The van der Waals surface area contributed by atoms with E-state index >= 15 is 0 Å². The van der Waals surface area contributed by atoms with Crippen LogP contribution in [0.1, 0.15) is 22.8 Å². The molecule has 0 radical (unpaired) electrons. The highest BCUT2D eigenvalue weighted by molar-refractivity contribution is 14.1. The summed E-state index contributed by atoms with van der Waals surface area (Å²) in [6, 6.07) is 4.18. The van der Waals surface area contributed by atoms with E-state index in [4.69, 9.17) is 11.6 Å². The Bertz CT molecular complexity index is 397. The highest BCUT2D eigenvalue weighted by Crippen LogP contribution is 2.35. The van der Waals surface area contributed by atoms with Crippen LogP contribution in [0.2, 0.25) is 0 Å². The summed E-state index contributed by atoms with van der Waals surface area (Å²) >= 11 is 8.07. The van der Waals surface area contributed by atoms with E-state index in [1.807, 2.05) is 0 Å². The van der Waals surface area contributed by atoms with Crippen molar-refractivity contribution < 1.29 is 5.11 Å². The number of aliphatic hydroxyl groups is 1. The van der Waals surface area contributed by atoms with Crippen LogP contribution in [-0.4, -0.2) is 24.6 Å². The second kappa shape index (κ2) is 5.10. The van der Waals surface area contributed by atoms with Crippen LogP contribution in [0.15, 0.2) is 12.1 Å². The Balaban J connectivity index is 2.47. The summed E-state index contributed by atoms with van der Waals surface area (Å²) in [5, 5.41) is 9.80. The van der Waals surface area contributed by atoms with Gasteiger partial charge >= 0.3 is 0 Å². The molecule has 0 fully saturated rings. The molecule has 0 saturated carbocycles. The Morgan fingerprint density at radius 3 is 2.94 bits per heavy atom. The van der Waals surface area contributed by atoms with Crippen LogP contribution in [-0.2, 0) is 10.8 Å². The number of rotatable bonds is 3. The summed E-state index contributed by atoms with van der Waals surface area (Å²) in [5.41, 5.74) is 4.95. The third-order valence-corrected chi connectivity index (χ3v) is 4.18. The van der Waals surface area contributed by atoms with Crippen molar-refractivity contribution in [3.63, 3.8) is 0 Å². The summed E-state index contributed by atoms with van der Waals surface area (Å²) in [4.78, 5) is 2.29. The molecule has 16 heavy (non-hydrogen) atoms. The predicted molar refractivity (Wildman–Crippen MR) is 76.8 cm³/mol. The lowest BCUT2D eigenvalue weighted by Crippen LogP contribution is -2.14. The molecule has 0 bridgehead atoms. The molecule has 88 valence electrons.